The van der Waals surface area contributed by atoms with Crippen molar-refractivity contribution in [3.63, 3.8) is 0 Å². The van der Waals surface area contributed by atoms with E-state index in [1.54, 1.807) is 26.1 Å². The number of anilines is 2. The molecule has 0 radical (unpaired) electrons. The van der Waals surface area contributed by atoms with E-state index in [0.29, 0.717) is 15.9 Å². The molecule has 1 aromatic heterocycles. The predicted octanol–water partition coefficient (Wildman–Crippen LogP) is 3.82. The van der Waals surface area contributed by atoms with Crippen molar-refractivity contribution < 1.29 is 18.0 Å². The fourth-order valence-electron chi connectivity index (χ4n) is 3.36. The molecule has 0 saturated heterocycles. The highest BCUT2D eigenvalue weighted by atomic mass is 79.9. The van der Waals surface area contributed by atoms with Crippen LogP contribution in [-0.4, -0.2) is 38.8 Å². The number of fused-ring (bicyclic) bond motifs is 2. The predicted molar refractivity (Wildman–Crippen MR) is 107 cm³/mol. The first-order valence-corrected chi connectivity index (χ1v) is 10.9. The van der Waals surface area contributed by atoms with Gasteiger partial charge in [0.2, 0.25) is 26.6 Å². The monoisotopic (exact) mass is 467 g/mol. The Kier molecular flexibility index (Phi) is 4.46. The van der Waals surface area contributed by atoms with Crippen LogP contribution < -0.4 is 9.80 Å². The average molecular weight is 468 g/mol. The van der Waals surface area contributed by atoms with E-state index in [1.807, 2.05) is 0 Å². The molecule has 0 spiro atoms. The number of benzene rings is 1. The minimum atomic E-state index is -4.05. The van der Waals surface area contributed by atoms with Crippen molar-refractivity contribution in [2.45, 2.75) is 25.2 Å². The van der Waals surface area contributed by atoms with Gasteiger partial charge < -0.3 is 19.4 Å². The molecule has 0 amide bonds. The van der Waals surface area contributed by atoms with Crippen LogP contribution in [-0.2, 0) is 16.3 Å². The number of aryl methyl sites for hydroxylation is 1. The normalized spacial score (nSPS) is 18.1. The Balaban J connectivity index is 1.82. The van der Waals surface area contributed by atoms with Gasteiger partial charge in [-0.1, -0.05) is 5.16 Å². The van der Waals surface area contributed by atoms with Crippen LogP contribution in [0.15, 0.2) is 47.2 Å². The standard InChI is InChI=1S/C17H18BrN5O4S/c1-4-23-6-5-10-7-13-12(8-11(10)23)22(3)17(24)16(28(13,25)26)20-19-15-14(18)9(2)27-21-15/h7-8,24H,4-6H2,1-3H3. The van der Waals surface area contributed by atoms with Crippen LogP contribution in [0.4, 0.5) is 17.2 Å². The smallest absolute Gasteiger partial charge is 0.242 e. The lowest BCUT2D eigenvalue weighted by Gasteiger charge is -2.28. The van der Waals surface area contributed by atoms with Crippen molar-refractivity contribution in [3.8, 4) is 0 Å². The van der Waals surface area contributed by atoms with Gasteiger partial charge in [0.25, 0.3) is 0 Å². The summed E-state index contributed by atoms with van der Waals surface area (Å²) in [7, 11) is -2.46. The van der Waals surface area contributed by atoms with E-state index in [1.165, 1.54) is 4.90 Å². The third kappa shape index (κ3) is 2.72. The molecule has 0 fully saturated rings. The molecule has 0 unspecified atom stereocenters. The van der Waals surface area contributed by atoms with Gasteiger partial charge in [0.15, 0.2) is 0 Å². The minimum absolute atomic E-state index is 0.0917. The molecule has 2 aromatic rings. The summed E-state index contributed by atoms with van der Waals surface area (Å²) in [5.74, 6) is 0.0831. The lowest BCUT2D eigenvalue weighted by atomic mass is 10.1. The average Bonchev–Trinajstić information content (AvgIpc) is 3.22. The maximum atomic E-state index is 13.2. The Bertz CT molecular complexity index is 1140. The molecule has 1 aromatic carbocycles. The Hall–Kier alpha value is -2.40. The van der Waals surface area contributed by atoms with Gasteiger partial charge in [-0.15, -0.1) is 10.2 Å². The SMILES string of the molecule is CCN1CCc2cc3c(cc21)N(C)C(O)=C(N=Nc1noc(C)c1Br)S3(=O)=O. The largest absolute Gasteiger partial charge is 0.492 e. The lowest BCUT2D eigenvalue weighted by molar-refractivity contribution is 0.389. The molecule has 0 aliphatic carbocycles. The Morgan fingerprint density at radius 2 is 2.07 bits per heavy atom. The van der Waals surface area contributed by atoms with E-state index in [9.17, 15) is 13.5 Å². The highest BCUT2D eigenvalue weighted by Gasteiger charge is 2.38. The summed E-state index contributed by atoms with van der Waals surface area (Å²) in [6.07, 6.45) is 0.771. The molecule has 4 rings (SSSR count). The molecule has 0 atom stereocenters. The van der Waals surface area contributed by atoms with E-state index < -0.39 is 20.7 Å². The molecule has 148 valence electrons. The van der Waals surface area contributed by atoms with Gasteiger partial charge in [-0.25, -0.2) is 8.42 Å². The number of hydrogen-bond acceptors (Lipinski definition) is 9. The summed E-state index contributed by atoms with van der Waals surface area (Å²) >= 11 is 3.25. The van der Waals surface area contributed by atoms with Crippen LogP contribution in [0.25, 0.3) is 0 Å². The summed E-state index contributed by atoms with van der Waals surface area (Å²) in [6, 6.07) is 3.48. The Labute approximate surface area is 170 Å². The number of likely N-dealkylation sites (N-methyl/N-ethyl adjacent to an activating group) is 1. The number of hydrogen-bond donors (Lipinski definition) is 1. The quantitative estimate of drug-likeness (QED) is 0.682. The number of aliphatic hydroxyl groups is 1. The highest BCUT2D eigenvalue weighted by Crippen LogP contribution is 2.43. The van der Waals surface area contributed by atoms with E-state index in [-0.39, 0.29) is 10.7 Å². The molecular weight excluding hydrogens is 450 g/mol. The number of aromatic nitrogens is 1. The maximum absolute atomic E-state index is 13.2. The van der Waals surface area contributed by atoms with E-state index in [2.05, 4.69) is 43.1 Å². The van der Waals surface area contributed by atoms with Crippen LogP contribution in [0, 0.1) is 6.92 Å². The summed E-state index contributed by atoms with van der Waals surface area (Å²) in [5.41, 5.74) is 2.36. The molecule has 2 aliphatic heterocycles. The first-order valence-electron chi connectivity index (χ1n) is 8.63. The van der Waals surface area contributed by atoms with Gasteiger partial charge in [-0.3, -0.25) is 0 Å². The van der Waals surface area contributed by atoms with Crippen LogP contribution in [0.1, 0.15) is 18.2 Å². The summed E-state index contributed by atoms with van der Waals surface area (Å²) in [4.78, 5) is 3.69. The zero-order chi connectivity index (χ0) is 20.2. The zero-order valence-electron chi connectivity index (χ0n) is 15.5. The number of aliphatic hydroxyl groups excluding tert-OH is 1. The van der Waals surface area contributed by atoms with Gasteiger partial charge >= 0.3 is 0 Å². The van der Waals surface area contributed by atoms with Gasteiger partial charge in [0.1, 0.15) is 10.2 Å². The van der Waals surface area contributed by atoms with E-state index in [0.717, 1.165) is 30.8 Å². The van der Waals surface area contributed by atoms with Crippen LogP contribution in [0.5, 0.6) is 0 Å². The van der Waals surface area contributed by atoms with Crippen LogP contribution in [0.2, 0.25) is 0 Å². The van der Waals surface area contributed by atoms with Crippen molar-refractivity contribution in [3.05, 3.63) is 38.8 Å². The number of halogens is 1. The molecule has 9 nitrogen and oxygen atoms in total. The molecule has 0 bridgehead atoms. The molecule has 28 heavy (non-hydrogen) atoms. The Morgan fingerprint density at radius 1 is 1.32 bits per heavy atom. The maximum Gasteiger partial charge on any atom is 0.242 e. The molecule has 1 N–H and O–H groups in total. The van der Waals surface area contributed by atoms with Crippen LogP contribution in [0.3, 0.4) is 0 Å². The second-order valence-corrected chi connectivity index (χ2v) is 9.17. The first kappa shape index (κ1) is 18.9. The Morgan fingerprint density at radius 3 is 2.71 bits per heavy atom. The fraction of sp³-hybridized carbons (Fsp3) is 0.353. The topological polar surface area (TPSA) is 112 Å². The number of nitrogens with zero attached hydrogens (tertiary/aromatic N) is 5. The second-order valence-electron chi connectivity index (χ2n) is 6.55. The third-order valence-electron chi connectivity index (χ3n) is 4.96. The van der Waals surface area contributed by atoms with E-state index >= 15 is 0 Å². The summed E-state index contributed by atoms with van der Waals surface area (Å²) in [5, 5.41) is 21.4. The fourth-order valence-corrected chi connectivity index (χ4v) is 5.09. The summed E-state index contributed by atoms with van der Waals surface area (Å²) < 4.78 is 31.7. The molecular formula is C17H18BrN5O4S. The number of azo groups is 1. The van der Waals surface area contributed by atoms with Crippen molar-refractivity contribution in [2.75, 3.05) is 29.9 Å². The minimum Gasteiger partial charge on any atom is -0.492 e. The van der Waals surface area contributed by atoms with E-state index in [4.69, 9.17) is 4.52 Å². The van der Waals surface area contributed by atoms with Gasteiger partial charge in [0, 0.05) is 25.8 Å². The van der Waals surface area contributed by atoms with Crippen molar-refractivity contribution in [1.29, 1.82) is 0 Å². The highest BCUT2D eigenvalue weighted by molar-refractivity contribution is 9.10. The zero-order valence-corrected chi connectivity index (χ0v) is 17.9. The molecule has 2 aliphatic rings. The number of rotatable bonds is 3. The second kappa shape index (κ2) is 6.59. The lowest BCUT2D eigenvalue weighted by Crippen LogP contribution is -2.28. The van der Waals surface area contributed by atoms with Gasteiger partial charge in [0.05, 0.1) is 10.6 Å². The van der Waals surface area contributed by atoms with Crippen molar-refractivity contribution >= 4 is 43.0 Å². The van der Waals surface area contributed by atoms with Crippen molar-refractivity contribution in [1.82, 2.24) is 5.16 Å². The number of sulfone groups is 1. The molecule has 11 heteroatoms. The third-order valence-corrected chi connectivity index (χ3v) is 7.55. The summed E-state index contributed by atoms with van der Waals surface area (Å²) in [6.45, 7) is 5.39. The van der Waals surface area contributed by atoms with Gasteiger partial charge in [-0.05, 0) is 53.9 Å². The van der Waals surface area contributed by atoms with Crippen molar-refractivity contribution in [2.24, 2.45) is 10.2 Å². The van der Waals surface area contributed by atoms with Gasteiger partial charge in [-0.2, -0.15) is 0 Å². The van der Waals surface area contributed by atoms with Crippen LogP contribution >= 0.6 is 15.9 Å². The molecule has 3 heterocycles. The first-order chi connectivity index (χ1) is 13.3. The molecule has 0 saturated carbocycles.